The number of carbonyl (C=O) groups excluding carboxylic acids is 1. The van der Waals surface area contributed by atoms with E-state index in [0.717, 1.165) is 6.42 Å². The number of halogens is 1. The van der Waals surface area contributed by atoms with E-state index in [1.807, 2.05) is 6.92 Å². The predicted molar refractivity (Wildman–Crippen MR) is 81.7 cm³/mol. The Morgan fingerprint density at radius 2 is 2.29 bits per heavy atom. The Balaban J connectivity index is 2.05. The molecule has 6 nitrogen and oxygen atoms in total. The van der Waals surface area contributed by atoms with Crippen LogP contribution < -0.4 is 5.32 Å². The number of carbonyl (C=O) groups is 2. The van der Waals surface area contributed by atoms with Crippen LogP contribution in [0.1, 0.15) is 23.7 Å². The molecule has 1 atom stereocenters. The van der Waals surface area contributed by atoms with Crippen molar-refractivity contribution in [3.63, 3.8) is 0 Å². The van der Waals surface area contributed by atoms with Crippen LogP contribution in [0, 0.1) is 0 Å². The van der Waals surface area contributed by atoms with Gasteiger partial charge in [0.1, 0.15) is 0 Å². The number of nitrogens with one attached hydrogen (secondary N) is 1. The van der Waals surface area contributed by atoms with Crippen molar-refractivity contribution in [2.24, 2.45) is 0 Å². The number of hydrogen-bond acceptors (Lipinski definition) is 3. The zero-order valence-electron chi connectivity index (χ0n) is 11.6. The maximum atomic E-state index is 12.2. The molecule has 1 heterocycles. The van der Waals surface area contributed by atoms with Gasteiger partial charge >= 0.3 is 12.0 Å². The molecule has 1 fully saturated rings. The Morgan fingerprint density at radius 3 is 2.95 bits per heavy atom. The first-order chi connectivity index (χ1) is 10.0. The highest BCUT2D eigenvalue weighted by atomic mass is 79.9. The third-order valence-electron chi connectivity index (χ3n) is 3.33. The van der Waals surface area contributed by atoms with Crippen LogP contribution in [0.15, 0.2) is 22.7 Å². The largest absolute Gasteiger partial charge is 0.478 e. The molecule has 0 radical (unpaired) electrons. The molecule has 1 unspecified atom stereocenters. The van der Waals surface area contributed by atoms with Crippen molar-refractivity contribution < 1.29 is 19.4 Å². The van der Waals surface area contributed by atoms with Crippen LogP contribution in [0.5, 0.6) is 0 Å². The summed E-state index contributed by atoms with van der Waals surface area (Å²) in [4.78, 5) is 24.9. The van der Waals surface area contributed by atoms with Gasteiger partial charge in [0.25, 0.3) is 0 Å². The summed E-state index contributed by atoms with van der Waals surface area (Å²) in [6, 6.07) is 4.46. The number of ether oxygens (including phenoxy) is 1. The zero-order valence-corrected chi connectivity index (χ0v) is 13.2. The van der Waals surface area contributed by atoms with E-state index in [9.17, 15) is 9.59 Å². The second-order valence-corrected chi connectivity index (χ2v) is 5.63. The molecule has 1 saturated heterocycles. The van der Waals surface area contributed by atoms with Crippen LogP contribution in [-0.2, 0) is 4.74 Å². The van der Waals surface area contributed by atoms with Gasteiger partial charge in [-0.3, -0.25) is 0 Å². The van der Waals surface area contributed by atoms with Gasteiger partial charge < -0.3 is 20.1 Å². The monoisotopic (exact) mass is 356 g/mol. The molecule has 1 aromatic carbocycles. The molecule has 0 aromatic heterocycles. The van der Waals surface area contributed by atoms with E-state index in [-0.39, 0.29) is 17.7 Å². The number of carboxylic acids is 1. The number of rotatable bonds is 3. The van der Waals surface area contributed by atoms with Gasteiger partial charge in [-0.25, -0.2) is 9.59 Å². The first-order valence-corrected chi connectivity index (χ1v) is 7.51. The number of urea groups is 1. The summed E-state index contributed by atoms with van der Waals surface area (Å²) in [5, 5.41) is 11.8. The summed E-state index contributed by atoms with van der Waals surface area (Å²) < 4.78 is 6.00. The Kier molecular flexibility index (Phi) is 5.19. The minimum atomic E-state index is -1.05. The average molecular weight is 357 g/mol. The lowest BCUT2D eigenvalue weighted by atomic mass is 10.2. The number of nitrogens with zero attached hydrogens (tertiary/aromatic N) is 1. The highest BCUT2D eigenvalue weighted by Gasteiger charge is 2.23. The third kappa shape index (κ3) is 3.95. The van der Waals surface area contributed by atoms with Crippen LogP contribution in [0.4, 0.5) is 10.5 Å². The molecule has 1 aliphatic rings. The van der Waals surface area contributed by atoms with Crippen LogP contribution in [0.25, 0.3) is 0 Å². The molecular weight excluding hydrogens is 340 g/mol. The smallest absolute Gasteiger partial charge is 0.336 e. The molecule has 1 aliphatic heterocycles. The van der Waals surface area contributed by atoms with Crippen LogP contribution >= 0.6 is 15.9 Å². The molecule has 21 heavy (non-hydrogen) atoms. The minimum absolute atomic E-state index is 0.0593. The van der Waals surface area contributed by atoms with E-state index in [0.29, 0.717) is 29.9 Å². The summed E-state index contributed by atoms with van der Waals surface area (Å²) in [7, 11) is 0. The van der Waals surface area contributed by atoms with Crippen LogP contribution in [-0.4, -0.2) is 47.8 Å². The summed E-state index contributed by atoms with van der Waals surface area (Å²) >= 11 is 3.17. The highest BCUT2D eigenvalue weighted by Crippen LogP contribution is 2.21. The number of benzene rings is 1. The minimum Gasteiger partial charge on any atom is -0.478 e. The summed E-state index contributed by atoms with van der Waals surface area (Å²) in [5.41, 5.74) is 0.571. The van der Waals surface area contributed by atoms with Gasteiger partial charge in [-0.05, 0) is 40.5 Å². The van der Waals surface area contributed by atoms with E-state index in [1.165, 1.54) is 6.07 Å². The zero-order chi connectivity index (χ0) is 15.4. The Labute approximate surface area is 131 Å². The SMILES string of the molecule is CCC1CN(C(=O)Nc2ccc(Br)c(C(=O)O)c2)CCO1. The number of anilines is 1. The molecule has 0 spiro atoms. The number of hydrogen-bond donors (Lipinski definition) is 2. The lowest BCUT2D eigenvalue weighted by molar-refractivity contribution is -0.0134. The standard InChI is InChI=1S/C14H17BrN2O4/c1-2-10-8-17(5-6-21-10)14(20)16-9-3-4-12(15)11(7-9)13(18)19/h3-4,7,10H,2,5-6,8H2,1H3,(H,16,20)(H,18,19). The second kappa shape index (κ2) is 6.91. The molecule has 2 N–H and O–H groups in total. The molecule has 2 rings (SSSR count). The molecule has 1 aromatic rings. The maximum absolute atomic E-state index is 12.2. The van der Waals surface area contributed by atoms with E-state index in [1.54, 1.807) is 17.0 Å². The fraction of sp³-hybridized carbons (Fsp3) is 0.429. The fourth-order valence-electron chi connectivity index (χ4n) is 2.12. The first-order valence-electron chi connectivity index (χ1n) is 6.71. The van der Waals surface area contributed by atoms with E-state index in [4.69, 9.17) is 9.84 Å². The Hall–Kier alpha value is -1.60. The van der Waals surface area contributed by atoms with E-state index >= 15 is 0 Å². The average Bonchev–Trinajstić information content (AvgIpc) is 2.49. The molecule has 114 valence electrons. The van der Waals surface area contributed by atoms with Gasteiger partial charge in [0.15, 0.2) is 0 Å². The van der Waals surface area contributed by atoms with Crippen LogP contribution in [0.3, 0.4) is 0 Å². The summed E-state index contributed by atoms with van der Waals surface area (Å²) in [5.74, 6) is -1.05. The second-order valence-electron chi connectivity index (χ2n) is 4.78. The van der Waals surface area contributed by atoms with Crippen LogP contribution in [0.2, 0.25) is 0 Å². The molecular formula is C14H17BrN2O4. The van der Waals surface area contributed by atoms with Crippen molar-refractivity contribution in [1.82, 2.24) is 4.90 Å². The van der Waals surface area contributed by atoms with Gasteiger partial charge in [0.2, 0.25) is 0 Å². The number of morpholine rings is 1. The normalized spacial score (nSPS) is 18.4. The maximum Gasteiger partial charge on any atom is 0.336 e. The van der Waals surface area contributed by atoms with E-state index < -0.39 is 5.97 Å². The van der Waals surface area contributed by atoms with Crippen molar-refractivity contribution in [3.05, 3.63) is 28.2 Å². The van der Waals surface area contributed by atoms with Gasteiger partial charge in [0, 0.05) is 23.2 Å². The van der Waals surface area contributed by atoms with E-state index in [2.05, 4.69) is 21.2 Å². The van der Waals surface area contributed by atoms with Crippen molar-refractivity contribution in [3.8, 4) is 0 Å². The predicted octanol–water partition coefficient (Wildman–Crippen LogP) is 2.79. The Morgan fingerprint density at radius 1 is 1.52 bits per heavy atom. The molecule has 7 heteroatoms. The highest BCUT2D eigenvalue weighted by molar-refractivity contribution is 9.10. The topological polar surface area (TPSA) is 78.9 Å². The number of carboxylic acid groups (broad SMARTS) is 1. The number of aromatic carboxylic acids is 1. The number of amides is 2. The van der Waals surface area contributed by atoms with Gasteiger partial charge in [-0.2, -0.15) is 0 Å². The molecule has 0 aliphatic carbocycles. The molecule has 2 amide bonds. The summed E-state index contributed by atoms with van der Waals surface area (Å²) in [6.45, 7) is 3.61. The fourth-order valence-corrected chi connectivity index (χ4v) is 2.54. The lowest BCUT2D eigenvalue weighted by Gasteiger charge is -2.32. The first kappa shape index (κ1) is 15.8. The van der Waals surface area contributed by atoms with Gasteiger partial charge in [-0.15, -0.1) is 0 Å². The van der Waals surface area contributed by atoms with Crippen molar-refractivity contribution in [2.75, 3.05) is 25.0 Å². The van der Waals surface area contributed by atoms with Gasteiger partial charge in [0.05, 0.1) is 18.3 Å². The third-order valence-corrected chi connectivity index (χ3v) is 4.02. The van der Waals surface area contributed by atoms with Crippen molar-refractivity contribution in [1.29, 1.82) is 0 Å². The molecule has 0 saturated carbocycles. The quantitative estimate of drug-likeness (QED) is 0.872. The van der Waals surface area contributed by atoms with Gasteiger partial charge in [-0.1, -0.05) is 6.92 Å². The van der Waals surface area contributed by atoms with Crippen molar-refractivity contribution in [2.45, 2.75) is 19.4 Å². The molecule has 0 bridgehead atoms. The van der Waals surface area contributed by atoms with Crippen molar-refractivity contribution >= 4 is 33.6 Å². The Bertz CT molecular complexity index is 550. The summed E-state index contributed by atoms with van der Waals surface area (Å²) in [6.07, 6.45) is 0.912. The lowest BCUT2D eigenvalue weighted by Crippen LogP contribution is -2.47.